The van der Waals surface area contributed by atoms with Crippen molar-refractivity contribution in [1.29, 1.82) is 0 Å². The van der Waals surface area contributed by atoms with Crippen molar-refractivity contribution in [3.63, 3.8) is 0 Å². The van der Waals surface area contributed by atoms with Crippen molar-refractivity contribution in [2.24, 2.45) is 10.7 Å². The highest BCUT2D eigenvalue weighted by atomic mass is 32.2. The molecule has 5 amide bonds. The largest absolute Gasteiger partial charge is 0.375 e. The second kappa shape index (κ2) is 8.44. The topological polar surface area (TPSA) is 239 Å². The number of nitrogen functional groups attached to an aromatic ring is 1. The summed E-state index contributed by atoms with van der Waals surface area (Å²) in [5.74, 6) is -2.83. The number of primary amides is 1. The number of carbonyl (C=O) groups excluding carboxylic acids is 4. The summed E-state index contributed by atoms with van der Waals surface area (Å²) in [5, 5.41) is 3.79. The molecule has 15 nitrogen and oxygen atoms in total. The Kier molecular flexibility index (Phi) is 6.52. The summed E-state index contributed by atoms with van der Waals surface area (Å²) in [7, 11) is -4.78. The van der Waals surface area contributed by atoms with Crippen molar-refractivity contribution in [2.75, 3.05) is 5.73 Å². The van der Waals surface area contributed by atoms with E-state index in [0.717, 1.165) is 11.3 Å². The van der Waals surface area contributed by atoms with Gasteiger partial charge in [0.15, 0.2) is 10.8 Å². The van der Waals surface area contributed by atoms with E-state index in [1.54, 1.807) is 0 Å². The summed E-state index contributed by atoms with van der Waals surface area (Å²) < 4.78 is 31.7. The SMILES string of the molecule is C[C@H]1[C@H](NC(=O)/C(=N\C(C)(C)C(=O)NNC(N)=O)c2csc(N)n2)C(=O)N1S(=O)(=O)O. The Morgan fingerprint density at radius 1 is 1.32 bits per heavy atom. The molecular weight excluding hydrogens is 456 g/mol. The molecule has 8 N–H and O–H groups in total. The highest BCUT2D eigenvalue weighted by Gasteiger charge is 2.51. The number of urea groups is 1. The molecule has 1 aromatic heterocycles. The normalized spacial score (nSPS) is 19.4. The quantitative estimate of drug-likeness (QED) is 0.110. The van der Waals surface area contributed by atoms with Gasteiger partial charge >= 0.3 is 16.3 Å². The minimum Gasteiger partial charge on any atom is -0.375 e. The first-order valence-electron chi connectivity index (χ1n) is 8.44. The molecule has 0 spiro atoms. The van der Waals surface area contributed by atoms with Crippen LogP contribution in [0.15, 0.2) is 10.4 Å². The molecule has 0 saturated carbocycles. The number of aromatic nitrogens is 1. The van der Waals surface area contributed by atoms with Gasteiger partial charge in [-0.15, -0.1) is 11.3 Å². The fraction of sp³-hybridized carbons (Fsp3) is 0.429. The van der Waals surface area contributed by atoms with Crippen molar-refractivity contribution in [1.82, 2.24) is 25.5 Å². The Hall–Kier alpha value is -3.31. The molecule has 0 aromatic carbocycles. The zero-order valence-electron chi connectivity index (χ0n) is 16.4. The van der Waals surface area contributed by atoms with Crippen molar-refractivity contribution in [3.05, 3.63) is 11.1 Å². The summed E-state index contributed by atoms with van der Waals surface area (Å²) in [4.78, 5) is 56.0. The lowest BCUT2D eigenvalue weighted by Crippen LogP contribution is -2.71. The molecule has 0 radical (unpaired) electrons. The fourth-order valence-corrected chi connectivity index (χ4v) is 3.97. The van der Waals surface area contributed by atoms with Crippen LogP contribution < -0.4 is 27.6 Å². The molecule has 0 bridgehead atoms. The van der Waals surface area contributed by atoms with Gasteiger partial charge in [0.25, 0.3) is 17.7 Å². The lowest BCUT2D eigenvalue weighted by Gasteiger charge is -2.42. The number of nitrogens with zero attached hydrogens (tertiary/aromatic N) is 3. The minimum atomic E-state index is -4.78. The van der Waals surface area contributed by atoms with Gasteiger partial charge in [-0.1, -0.05) is 0 Å². The van der Waals surface area contributed by atoms with Gasteiger partial charge in [-0.2, -0.15) is 8.42 Å². The summed E-state index contributed by atoms with van der Waals surface area (Å²) in [6.07, 6.45) is 0. The molecule has 1 aliphatic heterocycles. The first kappa shape index (κ1) is 24.0. The second-order valence-electron chi connectivity index (χ2n) is 6.84. The maximum absolute atomic E-state index is 12.8. The molecule has 1 fully saturated rings. The number of hydrogen-bond donors (Lipinski definition) is 6. The van der Waals surface area contributed by atoms with Crippen LogP contribution in [0.2, 0.25) is 0 Å². The van der Waals surface area contributed by atoms with E-state index in [2.05, 4.69) is 15.3 Å². The van der Waals surface area contributed by atoms with E-state index in [1.807, 2.05) is 10.9 Å². The Labute approximate surface area is 180 Å². The summed E-state index contributed by atoms with van der Waals surface area (Å²) in [5.41, 5.74) is 12.4. The molecule has 2 heterocycles. The van der Waals surface area contributed by atoms with E-state index < -0.39 is 51.7 Å². The van der Waals surface area contributed by atoms with Crippen LogP contribution in [0.1, 0.15) is 26.5 Å². The number of aliphatic imine (C=N–C) groups is 1. The summed E-state index contributed by atoms with van der Waals surface area (Å²) in [6, 6.07) is -3.37. The van der Waals surface area contributed by atoms with Crippen LogP contribution in [0.25, 0.3) is 0 Å². The van der Waals surface area contributed by atoms with Crippen LogP contribution in [0.4, 0.5) is 9.93 Å². The number of anilines is 1. The van der Waals surface area contributed by atoms with Crippen LogP contribution in [0, 0.1) is 0 Å². The average Bonchev–Trinajstić information content (AvgIpc) is 3.06. The van der Waals surface area contributed by atoms with Gasteiger partial charge in [-0.05, 0) is 20.8 Å². The van der Waals surface area contributed by atoms with Gasteiger partial charge < -0.3 is 16.8 Å². The fourth-order valence-electron chi connectivity index (χ4n) is 2.54. The van der Waals surface area contributed by atoms with Crippen LogP contribution in [-0.2, 0) is 24.7 Å². The maximum Gasteiger partial charge on any atom is 0.362 e. The van der Waals surface area contributed by atoms with Gasteiger partial charge in [0.2, 0.25) is 0 Å². The van der Waals surface area contributed by atoms with Gasteiger partial charge in [0.1, 0.15) is 17.3 Å². The molecular formula is C14H20N8O7S2. The molecule has 31 heavy (non-hydrogen) atoms. The Bertz CT molecular complexity index is 1060. The predicted octanol–water partition coefficient (Wildman–Crippen LogP) is -2.49. The number of amides is 5. The van der Waals surface area contributed by atoms with Crippen LogP contribution >= 0.6 is 11.3 Å². The van der Waals surface area contributed by atoms with Crippen LogP contribution in [-0.4, -0.2) is 69.3 Å². The molecule has 0 aliphatic carbocycles. The highest BCUT2D eigenvalue weighted by molar-refractivity contribution is 7.84. The van der Waals surface area contributed by atoms with Crippen LogP contribution in [0.3, 0.4) is 0 Å². The average molecular weight is 476 g/mol. The van der Waals surface area contributed by atoms with E-state index in [4.69, 9.17) is 16.0 Å². The Morgan fingerprint density at radius 2 is 1.94 bits per heavy atom. The molecule has 1 saturated heterocycles. The molecule has 1 aromatic rings. The molecule has 1 aliphatic rings. The van der Waals surface area contributed by atoms with E-state index in [1.165, 1.54) is 26.2 Å². The lowest BCUT2D eigenvalue weighted by atomic mass is 10.00. The molecule has 170 valence electrons. The number of carbonyl (C=O) groups is 4. The van der Waals surface area contributed by atoms with Gasteiger partial charge in [0, 0.05) is 5.38 Å². The third-order valence-corrected chi connectivity index (χ3v) is 5.78. The standard InChI is InChI=1S/C14H20N8O7S2/c1-5-7(10(24)22(5)31(27,28)29)18-9(23)8(6-4-30-13(16)17-6)19-14(2,3)11(25)20-21-12(15)26/h4-5,7H,1-3H3,(H2,16,17)(H,18,23)(H,20,25)(H3,15,21,26)(H,27,28,29)/b19-8-/t5-,7-/m0/s1. The zero-order valence-corrected chi connectivity index (χ0v) is 18.1. The molecule has 0 unspecified atom stereocenters. The predicted molar refractivity (Wildman–Crippen MR) is 108 cm³/mol. The molecule has 2 rings (SSSR count). The number of rotatable bonds is 6. The van der Waals surface area contributed by atoms with Crippen molar-refractivity contribution < 1.29 is 32.1 Å². The highest BCUT2D eigenvalue weighted by Crippen LogP contribution is 2.23. The first-order valence-corrected chi connectivity index (χ1v) is 10.7. The third-order valence-electron chi connectivity index (χ3n) is 4.10. The third kappa shape index (κ3) is 5.25. The zero-order chi connectivity index (χ0) is 23.7. The number of hydrazine groups is 1. The number of nitrogens with one attached hydrogen (secondary N) is 3. The van der Waals surface area contributed by atoms with Gasteiger partial charge in [0.05, 0.1) is 6.04 Å². The molecule has 17 heteroatoms. The summed E-state index contributed by atoms with van der Waals surface area (Å²) >= 11 is 0.986. The maximum atomic E-state index is 12.8. The smallest absolute Gasteiger partial charge is 0.362 e. The second-order valence-corrected chi connectivity index (χ2v) is 9.02. The van der Waals surface area contributed by atoms with Crippen molar-refractivity contribution >= 4 is 56.2 Å². The summed E-state index contributed by atoms with van der Waals surface area (Å²) in [6.45, 7) is 3.95. The number of nitrogens with two attached hydrogens (primary N) is 2. The Balaban J connectivity index is 2.32. The number of hydrogen-bond acceptors (Lipinski definition) is 10. The molecule has 2 atom stereocenters. The van der Waals surface area contributed by atoms with Crippen LogP contribution in [0.5, 0.6) is 0 Å². The number of β-lactam (4-membered cyclic amide) rings is 1. The van der Waals surface area contributed by atoms with Crippen molar-refractivity contribution in [2.45, 2.75) is 38.4 Å². The Morgan fingerprint density at radius 3 is 2.39 bits per heavy atom. The monoisotopic (exact) mass is 476 g/mol. The van der Waals surface area contributed by atoms with E-state index in [-0.39, 0.29) is 20.8 Å². The van der Waals surface area contributed by atoms with Crippen molar-refractivity contribution in [3.8, 4) is 0 Å². The van der Waals surface area contributed by atoms with Gasteiger partial charge in [-0.3, -0.25) is 29.4 Å². The first-order chi connectivity index (χ1) is 14.1. The minimum absolute atomic E-state index is 0.00482. The van der Waals surface area contributed by atoms with Gasteiger partial charge in [-0.25, -0.2) is 19.5 Å². The lowest BCUT2D eigenvalue weighted by molar-refractivity contribution is -0.143. The van der Waals surface area contributed by atoms with E-state index in [9.17, 15) is 27.6 Å². The van der Waals surface area contributed by atoms with E-state index >= 15 is 0 Å². The number of thiazole rings is 1. The van der Waals surface area contributed by atoms with E-state index in [0.29, 0.717) is 0 Å².